The van der Waals surface area contributed by atoms with Gasteiger partial charge in [0, 0.05) is 36.8 Å². The summed E-state index contributed by atoms with van der Waals surface area (Å²) in [5, 5.41) is 3.41. The van der Waals surface area contributed by atoms with Crippen LogP contribution in [0.4, 0.5) is 0 Å². The van der Waals surface area contributed by atoms with Crippen LogP contribution in [0.15, 0.2) is 18.2 Å². The standard InChI is InChI=1S/C17H23N3O/c1-11(2)17-19-14-10-18-8-7-15(14)20(17)13-5-6-16(21-4)12(3)9-13/h5-6,9,11,18H,7-8,10H2,1-4H3. The molecule has 1 N–H and O–H groups in total. The Bertz CT molecular complexity index is 658. The smallest absolute Gasteiger partial charge is 0.121 e. The molecule has 0 saturated carbocycles. The zero-order valence-corrected chi connectivity index (χ0v) is 13.2. The molecule has 0 spiro atoms. The number of aryl methyl sites for hydroxylation is 1. The van der Waals surface area contributed by atoms with Crippen molar-refractivity contribution < 1.29 is 4.74 Å². The van der Waals surface area contributed by atoms with Crippen molar-refractivity contribution in [3.63, 3.8) is 0 Å². The fraction of sp³-hybridized carbons (Fsp3) is 0.471. The maximum atomic E-state index is 5.37. The van der Waals surface area contributed by atoms with E-state index in [2.05, 4.69) is 42.8 Å². The second-order valence-corrected chi connectivity index (χ2v) is 5.93. The van der Waals surface area contributed by atoms with E-state index in [4.69, 9.17) is 9.72 Å². The van der Waals surface area contributed by atoms with Gasteiger partial charge in [-0.15, -0.1) is 0 Å². The number of rotatable bonds is 3. The summed E-state index contributed by atoms with van der Waals surface area (Å²) in [5.74, 6) is 2.48. The highest BCUT2D eigenvalue weighted by molar-refractivity contribution is 5.46. The summed E-state index contributed by atoms with van der Waals surface area (Å²) in [7, 11) is 1.71. The van der Waals surface area contributed by atoms with E-state index in [1.165, 1.54) is 17.1 Å². The van der Waals surface area contributed by atoms with Gasteiger partial charge in [0.15, 0.2) is 0 Å². The molecule has 21 heavy (non-hydrogen) atoms. The molecular weight excluding hydrogens is 262 g/mol. The van der Waals surface area contributed by atoms with Crippen LogP contribution in [-0.2, 0) is 13.0 Å². The zero-order chi connectivity index (χ0) is 15.0. The summed E-state index contributed by atoms with van der Waals surface area (Å²) in [5.41, 5.74) is 4.88. The van der Waals surface area contributed by atoms with E-state index in [0.717, 1.165) is 36.6 Å². The predicted octanol–water partition coefficient (Wildman–Crippen LogP) is 2.96. The van der Waals surface area contributed by atoms with Crippen LogP contribution in [0, 0.1) is 6.92 Å². The fourth-order valence-corrected chi connectivity index (χ4v) is 3.01. The number of ether oxygens (including phenoxy) is 1. The minimum absolute atomic E-state index is 0.401. The highest BCUT2D eigenvalue weighted by Gasteiger charge is 2.22. The number of nitrogens with zero attached hydrogens (tertiary/aromatic N) is 2. The lowest BCUT2D eigenvalue weighted by Crippen LogP contribution is -2.24. The quantitative estimate of drug-likeness (QED) is 0.942. The van der Waals surface area contributed by atoms with Gasteiger partial charge in [-0.2, -0.15) is 0 Å². The number of imidazole rings is 1. The summed E-state index contributed by atoms with van der Waals surface area (Å²) in [6.45, 7) is 8.38. The Kier molecular flexibility index (Phi) is 3.72. The van der Waals surface area contributed by atoms with E-state index in [9.17, 15) is 0 Å². The van der Waals surface area contributed by atoms with Crippen LogP contribution in [-0.4, -0.2) is 23.2 Å². The summed E-state index contributed by atoms with van der Waals surface area (Å²) in [6, 6.07) is 6.36. The number of hydrogen-bond acceptors (Lipinski definition) is 3. The first-order valence-corrected chi connectivity index (χ1v) is 7.58. The second kappa shape index (κ2) is 5.53. The monoisotopic (exact) mass is 285 g/mol. The number of hydrogen-bond donors (Lipinski definition) is 1. The predicted molar refractivity (Wildman–Crippen MR) is 84.4 cm³/mol. The Hall–Kier alpha value is -1.81. The molecule has 2 heterocycles. The molecule has 1 aliphatic heterocycles. The molecule has 4 nitrogen and oxygen atoms in total. The highest BCUT2D eigenvalue weighted by atomic mass is 16.5. The SMILES string of the molecule is COc1ccc(-n2c(C(C)C)nc3c2CCNC3)cc1C. The highest BCUT2D eigenvalue weighted by Crippen LogP contribution is 2.28. The lowest BCUT2D eigenvalue weighted by molar-refractivity contribution is 0.411. The van der Waals surface area contributed by atoms with Gasteiger partial charge in [0.1, 0.15) is 11.6 Å². The summed E-state index contributed by atoms with van der Waals surface area (Å²) in [4.78, 5) is 4.87. The van der Waals surface area contributed by atoms with Crippen molar-refractivity contribution in [2.75, 3.05) is 13.7 Å². The maximum Gasteiger partial charge on any atom is 0.121 e. The minimum atomic E-state index is 0.401. The fourth-order valence-electron chi connectivity index (χ4n) is 3.01. The molecule has 0 amide bonds. The van der Waals surface area contributed by atoms with E-state index in [-0.39, 0.29) is 0 Å². The topological polar surface area (TPSA) is 39.1 Å². The van der Waals surface area contributed by atoms with E-state index in [1.54, 1.807) is 7.11 Å². The van der Waals surface area contributed by atoms with Crippen molar-refractivity contribution in [1.29, 1.82) is 0 Å². The number of fused-ring (bicyclic) bond motifs is 1. The van der Waals surface area contributed by atoms with Gasteiger partial charge in [-0.3, -0.25) is 0 Å². The molecule has 0 radical (unpaired) electrons. The van der Waals surface area contributed by atoms with Gasteiger partial charge in [-0.25, -0.2) is 4.98 Å². The lowest BCUT2D eigenvalue weighted by atomic mass is 10.1. The maximum absolute atomic E-state index is 5.37. The largest absolute Gasteiger partial charge is 0.496 e. The van der Waals surface area contributed by atoms with Gasteiger partial charge in [0.25, 0.3) is 0 Å². The molecular formula is C17H23N3O. The van der Waals surface area contributed by atoms with E-state index < -0.39 is 0 Å². The van der Waals surface area contributed by atoms with Crippen LogP contribution in [0.1, 0.15) is 42.5 Å². The van der Waals surface area contributed by atoms with Crippen LogP contribution < -0.4 is 10.1 Å². The molecule has 0 atom stereocenters. The molecule has 1 aromatic carbocycles. The van der Waals surface area contributed by atoms with Crippen LogP contribution in [0.2, 0.25) is 0 Å². The zero-order valence-electron chi connectivity index (χ0n) is 13.2. The Morgan fingerprint density at radius 1 is 1.33 bits per heavy atom. The number of aromatic nitrogens is 2. The first kappa shape index (κ1) is 14.1. The minimum Gasteiger partial charge on any atom is -0.496 e. The molecule has 1 aliphatic rings. The third kappa shape index (κ3) is 2.44. The van der Waals surface area contributed by atoms with Crippen molar-refractivity contribution in [2.45, 2.75) is 39.7 Å². The third-order valence-electron chi connectivity index (χ3n) is 4.07. The normalized spacial score (nSPS) is 14.3. The summed E-state index contributed by atoms with van der Waals surface area (Å²) < 4.78 is 7.71. The van der Waals surface area contributed by atoms with Gasteiger partial charge in [-0.05, 0) is 30.7 Å². The van der Waals surface area contributed by atoms with Gasteiger partial charge in [0.2, 0.25) is 0 Å². The molecule has 2 aromatic rings. The van der Waals surface area contributed by atoms with Crippen LogP contribution in [0.3, 0.4) is 0 Å². The van der Waals surface area contributed by atoms with Gasteiger partial charge >= 0.3 is 0 Å². The molecule has 112 valence electrons. The first-order valence-electron chi connectivity index (χ1n) is 7.58. The van der Waals surface area contributed by atoms with Crippen molar-refractivity contribution >= 4 is 0 Å². The van der Waals surface area contributed by atoms with E-state index >= 15 is 0 Å². The van der Waals surface area contributed by atoms with Gasteiger partial charge < -0.3 is 14.6 Å². The Morgan fingerprint density at radius 3 is 2.81 bits per heavy atom. The van der Waals surface area contributed by atoms with E-state index in [0.29, 0.717) is 5.92 Å². The Morgan fingerprint density at radius 2 is 2.14 bits per heavy atom. The average Bonchev–Trinajstić information content (AvgIpc) is 2.86. The molecule has 0 unspecified atom stereocenters. The van der Waals surface area contributed by atoms with Gasteiger partial charge in [-0.1, -0.05) is 13.8 Å². The third-order valence-corrected chi connectivity index (χ3v) is 4.07. The molecule has 0 saturated heterocycles. The van der Waals surface area contributed by atoms with E-state index in [1.807, 2.05) is 6.07 Å². The molecule has 4 heteroatoms. The van der Waals surface area contributed by atoms with Crippen molar-refractivity contribution in [1.82, 2.24) is 14.9 Å². The summed E-state index contributed by atoms with van der Waals surface area (Å²) in [6.07, 6.45) is 1.03. The van der Waals surface area contributed by atoms with Crippen molar-refractivity contribution in [2.24, 2.45) is 0 Å². The first-order chi connectivity index (χ1) is 10.1. The van der Waals surface area contributed by atoms with Crippen LogP contribution >= 0.6 is 0 Å². The molecule has 0 fully saturated rings. The average molecular weight is 285 g/mol. The number of nitrogens with one attached hydrogen (secondary N) is 1. The van der Waals surface area contributed by atoms with Gasteiger partial charge in [0.05, 0.1) is 12.8 Å². The molecule has 3 rings (SSSR count). The molecule has 1 aromatic heterocycles. The molecule has 0 bridgehead atoms. The second-order valence-electron chi connectivity index (χ2n) is 5.93. The van der Waals surface area contributed by atoms with Crippen molar-refractivity contribution in [3.05, 3.63) is 41.0 Å². The summed E-state index contributed by atoms with van der Waals surface area (Å²) >= 11 is 0. The number of benzene rings is 1. The Labute approximate surface area is 126 Å². The van der Waals surface area contributed by atoms with Crippen LogP contribution in [0.25, 0.3) is 5.69 Å². The van der Waals surface area contributed by atoms with Crippen molar-refractivity contribution in [3.8, 4) is 11.4 Å². The Balaban J connectivity index is 2.16. The number of methoxy groups -OCH3 is 1. The van der Waals surface area contributed by atoms with Crippen LogP contribution in [0.5, 0.6) is 5.75 Å². The lowest BCUT2D eigenvalue weighted by Gasteiger charge is -2.18. The molecule has 0 aliphatic carbocycles.